The van der Waals surface area contributed by atoms with E-state index in [1.807, 2.05) is 0 Å². The summed E-state index contributed by atoms with van der Waals surface area (Å²) in [7, 11) is -3.61. The van der Waals surface area contributed by atoms with Crippen LogP contribution in [-0.2, 0) is 10.0 Å². The van der Waals surface area contributed by atoms with Crippen LogP contribution in [0.2, 0.25) is 10.0 Å². The van der Waals surface area contributed by atoms with Gasteiger partial charge in [0.25, 0.3) is 0 Å². The Morgan fingerprint density at radius 3 is 2.47 bits per heavy atom. The number of benzene rings is 1. The number of hydrogen-bond donors (Lipinski definition) is 1. The van der Waals surface area contributed by atoms with Crippen LogP contribution in [0.15, 0.2) is 23.1 Å². The number of sulfonamides is 1. The molecule has 7 heteroatoms. The second-order valence-electron chi connectivity index (χ2n) is 4.93. The van der Waals surface area contributed by atoms with Gasteiger partial charge in [-0.3, -0.25) is 0 Å². The molecule has 1 aromatic carbocycles. The van der Waals surface area contributed by atoms with Gasteiger partial charge < -0.3 is 0 Å². The lowest BCUT2D eigenvalue weighted by molar-refractivity contribution is 0.584. The summed E-state index contributed by atoms with van der Waals surface area (Å²) in [4.78, 5) is 0.0161. The van der Waals surface area contributed by atoms with Crippen molar-refractivity contribution in [3.63, 3.8) is 0 Å². The molecular formula is C12H17Cl2NO2S2. The van der Waals surface area contributed by atoms with E-state index in [1.165, 1.54) is 12.1 Å². The molecule has 0 bridgehead atoms. The maximum Gasteiger partial charge on any atom is 0.242 e. The van der Waals surface area contributed by atoms with E-state index in [-0.39, 0.29) is 14.7 Å². The first kappa shape index (κ1) is 17.1. The van der Waals surface area contributed by atoms with E-state index >= 15 is 0 Å². The Morgan fingerprint density at radius 2 is 1.89 bits per heavy atom. The third-order valence-corrected chi connectivity index (χ3v) is 5.56. The van der Waals surface area contributed by atoms with Crippen molar-refractivity contribution in [3.8, 4) is 0 Å². The average molecular weight is 342 g/mol. The van der Waals surface area contributed by atoms with Crippen LogP contribution in [0.25, 0.3) is 0 Å². The normalized spacial score (nSPS) is 12.7. The van der Waals surface area contributed by atoms with Crippen molar-refractivity contribution in [1.29, 1.82) is 0 Å². The van der Waals surface area contributed by atoms with Gasteiger partial charge in [0.15, 0.2) is 0 Å². The predicted octanol–water partition coefficient (Wildman–Crippen LogP) is 3.80. The van der Waals surface area contributed by atoms with Crippen molar-refractivity contribution in [1.82, 2.24) is 4.72 Å². The first-order chi connectivity index (χ1) is 8.62. The summed E-state index contributed by atoms with van der Waals surface area (Å²) < 4.78 is 26.8. The van der Waals surface area contributed by atoms with Crippen LogP contribution in [0.3, 0.4) is 0 Å². The van der Waals surface area contributed by atoms with Crippen molar-refractivity contribution in [2.24, 2.45) is 0 Å². The molecule has 0 aromatic heterocycles. The van der Waals surface area contributed by atoms with Crippen LogP contribution in [0, 0.1) is 0 Å². The molecule has 108 valence electrons. The number of nitrogens with one attached hydrogen (secondary N) is 1. The minimum atomic E-state index is -3.61. The van der Waals surface area contributed by atoms with E-state index in [9.17, 15) is 8.42 Å². The van der Waals surface area contributed by atoms with E-state index in [4.69, 9.17) is 23.2 Å². The summed E-state index contributed by atoms with van der Waals surface area (Å²) in [5.74, 6) is 0.695. The van der Waals surface area contributed by atoms with Crippen molar-refractivity contribution in [2.75, 3.05) is 12.3 Å². The SMILES string of the molecule is CC(C)(C)SCCNS(=O)(=O)c1cc(Cl)ccc1Cl. The third-order valence-electron chi connectivity index (χ3n) is 2.11. The lowest BCUT2D eigenvalue weighted by atomic mass is 10.3. The van der Waals surface area contributed by atoms with Gasteiger partial charge in [-0.15, -0.1) is 0 Å². The maximum absolute atomic E-state index is 12.1. The molecule has 0 spiro atoms. The third kappa shape index (κ3) is 5.92. The molecule has 19 heavy (non-hydrogen) atoms. The molecule has 0 aliphatic rings. The number of hydrogen-bond acceptors (Lipinski definition) is 3. The Morgan fingerprint density at radius 1 is 1.26 bits per heavy atom. The Kier molecular flexibility index (Phi) is 6.01. The van der Waals surface area contributed by atoms with Crippen LogP contribution < -0.4 is 4.72 Å². The zero-order valence-electron chi connectivity index (χ0n) is 11.0. The monoisotopic (exact) mass is 341 g/mol. The fourth-order valence-corrected chi connectivity index (χ4v) is 4.03. The molecule has 0 aliphatic carbocycles. The van der Waals surface area contributed by atoms with Crippen LogP contribution in [0.5, 0.6) is 0 Å². The van der Waals surface area contributed by atoms with Gasteiger partial charge in [0.1, 0.15) is 4.90 Å². The second-order valence-corrected chi connectivity index (χ2v) is 9.43. The summed E-state index contributed by atoms with van der Waals surface area (Å²) in [6, 6.07) is 4.38. The number of halogens is 2. The zero-order valence-corrected chi connectivity index (χ0v) is 14.2. The zero-order chi connectivity index (χ0) is 14.7. The molecule has 0 heterocycles. The topological polar surface area (TPSA) is 46.2 Å². The molecule has 1 rings (SSSR count). The molecule has 1 N–H and O–H groups in total. The number of rotatable bonds is 5. The second kappa shape index (κ2) is 6.68. The Bertz CT molecular complexity index is 539. The van der Waals surface area contributed by atoms with Crippen LogP contribution in [0.4, 0.5) is 0 Å². The summed E-state index contributed by atoms with van der Waals surface area (Å²) in [6.45, 7) is 6.60. The van der Waals surface area contributed by atoms with Crippen molar-refractivity contribution in [2.45, 2.75) is 30.4 Å². The maximum atomic E-state index is 12.1. The van der Waals surface area contributed by atoms with Crippen LogP contribution >= 0.6 is 35.0 Å². The van der Waals surface area contributed by atoms with Gasteiger partial charge >= 0.3 is 0 Å². The van der Waals surface area contributed by atoms with Crippen molar-refractivity contribution in [3.05, 3.63) is 28.2 Å². The first-order valence-electron chi connectivity index (χ1n) is 5.70. The Balaban J connectivity index is 2.69. The number of thioether (sulfide) groups is 1. The first-order valence-corrected chi connectivity index (χ1v) is 8.93. The largest absolute Gasteiger partial charge is 0.242 e. The molecule has 1 aromatic rings. The Hall–Kier alpha value is 0.0600. The van der Waals surface area contributed by atoms with E-state index < -0.39 is 10.0 Å². The highest BCUT2D eigenvalue weighted by Crippen LogP contribution is 2.25. The molecule has 0 aliphatic heterocycles. The molecular weight excluding hydrogens is 325 g/mol. The molecule has 0 saturated carbocycles. The molecule has 0 unspecified atom stereocenters. The molecule has 0 fully saturated rings. The van der Waals surface area contributed by atoms with Gasteiger partial charge in [-0.25, -0.2) is 13.1 Å². The van der Waals surface area contributed by atoms with Gasteiger partial charge in [0, 0.05) is 22.1 Å². The highest BCUT2D eigenvalue weighted by Gasteiger charge is 2.18. The highest BCUT2D eigenvalue weighted by molar-refractivity contribution is 8.00. The summed E-state index contributed by atoms with van der Waals surface area (Å²) in [5.41, 5.74) is 0. The Labute approximate surface area is 129 Å². The molecule has 0 radical (unpaired) electrons. The lowest BCUT2D eigenvalue weighted by Crippen LogP contribution is -2.27. The van der Waals surface area contributed by atoms with E-state index in [1.54, 1.807) is 17.8 Å². The summed E-state index contributed by atoms with van der Waals surface area (Å²) >= 11 is 13.4. The highest BCUT2D eigenvalue weighted by atomic mass is 35.5. The van der Waals surface area contributed by atoms with Crippen LogP contribution in [-0.4, -0.2) is 25.5 Å². The van der Waals surface area contributed by atoms with Gasteiger partial charge in [-0.2, -0.15) is 11.8 Å². The average Bonchev–Trinajstić information content (AvgIpc) is 2.26. The fraction of sp³-hybridized carbons (Fsp3) is 0.500. The van der Waals surface area contributed by atoms with E-state index in [0.717, 1.165) is 0 Å². The van der Waals surface area contributed by atoms with Crippen molar-refractivity contribution < 1.29 is 8.42 Å². The molecule has 0 atom stereocenters. The van der Waals surface area contributed by atoms with Gasteiger partial charge in [0.05, 0.1) is 5.02 Å². The summed E-state index contributed by atoms with van der Waals surface area (Å²) in [5, 5.41) is 0.509. The lowest BCUT2D eigenvalue weighted by Gasteiger charge is -2.17. The quantitative estimate of drug-likeness (QED) is 0.828. The predicted molar refractivity (Wildman–Crippen MR) is 83.9 cm³/mol. The van der Waals surface area contributed by atoms with Gasteiger partial charge in [-0.1, -0.05) is 44.0 Å². The smallest absolute Gasteiger partial charge is 0.210 e. The molecule has 0 saturated heterocycles. The minimum Gasteiger partial charge on any atom is -0.210 e. The van der Waals surface area contributed by atoms with Crippen molar-refractivity contribution >= 4 is 45.0 Å². The summed E-state index contributed by atoms with van der Waals surface area (Å²) in [6.07, 6.45) is 0. The van der Waals surface area contributed by atoms with E-state index in [0.29, 0.717) is 17.3 Å². The fourth-order valence-electron chi connectivity index (χ4n) is 1.29. The minimum absolute atomic E-state index is 0.0161. The van der Waals surface area contributed by atoms with Gasteiger partial charge in [0.2, 0.25) is 10.0 Å². The standard InChI is InChI=1S/C12H17Cl2NO2S2/c1-12(2,3)18-7-6-15-19(16,17)11-8-9(13)4-5-10(11)14/h4-5,8,15H,6-7H2,1-3H3. The van der Waals surface area contributed by atoms with Crippen LogP contribution in [0.1, 0.15) is 20.8 Å². The molecule has 3 nitrogen and oxygen atoms in total. The van der Waals surface area contributed by atoms with Gasteiger partial charge in [-0.05, 0) is 18.2 Å². The van der Waals surface area contributed by atoms with E-state index in [2.05, 4.69) is 25.5 Å². The molecule has 0 amide bonds.